The Morgan fingerprint density at radius 3 is 2.58 bits per heavy atom. The Hall–Kier alpha value is -2.29. The van der Waals surface area contributed by atoms with Gasteiger partial charge in [-0.3, -0.25) is 0 Å². The molecule has 0 aliphatic rings. The molecule has 19 heavy (non-hydrogen) atoms. The molecule has 98 valence electrons. The van der Waals surface area contributed by atoms with Gasteiger partial charge in [0.05, 0.1) is 5.56 Å². The predicted molar refractivity (Wildman–Crippen MR) is 76.8 cm³/mol. The molecule has 3 nitrogen and oxygen atoms in total. The van der Waals surface area contributed by atoms with Crippen molar-refractivity contribution < 1.29 is 9.90 Å². The second kappa shape index (κ2) is 6.05. The van der Waals surface area contributed by atoms with Crippen molar-refractivity contribution in [1.82, 2.24) is 0 Å². The molecule has 2 aromatic carbocycles. The molecule has 0 spiro atoms. The SMILES string of the molecule is Cc1ccc(C(=O)O)cc1NCCc1ccccc1. The summed E-state index contributed by atoms with van der Waals surface area (Å²) in [5.41, 5.74) is 3.52. The van der Waals surface area contributed by atoms with Crippen molar-refractivity contribution in [2.75, 3.05) is 11.9 Å². The van der Waals surface area contributed by atoms with Crippen LogP contribution >= 0.6 is 0 Å². The molecule has 0 fully saturated rings. The number of carboxylic acid groups (broad SMARTS) is 1. The molecule has 0 bridgehead atoms. The van der Waals surface area contributed by atoms with Crippen LogP contribution in [0.2, 0.25) is 0 Å². The number of nitrogens with one attached hydrogen (secondary N) is 1. The van der Waals surface area contributed by atoms with Crippen molar-refractivity contribution in [2.24, 2.45) is 0 Å². The fraction of sp³-hybridized carbons (Fsp3) is 0.188. The van der Waals surface area contributed by atoms with Gasteiger partial charge < -0.3 is 10.4 Å². The molecule has 0 saturated heterocycles. The first-order valence-electron chi connectivity index (χ1n) is 6.28. The molecule has 2 aromatic rings. The molecule has 0 aromatic heterocycles. The molecular formula is C16H17NO2. The van der Waals surface area contributed by atoms with Crippen LogP contribution in [0, 0.1) is 6.92 Å². The monoisotopic (exact) mass is 255 g/mol. The van der Waals surface area contributed by atoms with Gasteiger partial charge in [0, 0.05) is 12.2 Å². The number of aryl methyl sites for hydroxylation is 1. The summed E-state index contributed by atoms with van der Waals surface area (Å²) >= 11 is 0. The quantitative estimate of drug-likeness (QED) is 0.861. The van der Waals surface area contributed by atoms with Crippen molar-refractivity contribution in [3.8, 4) is 0 Å². The van der Waals surface area contributed by atoms with Gasteiger partial charge in [-0.15, -0.1) is 0 Å². The number of hydrogen-bond donors (Lipinski definition) is 2. The highest BCUT2D eigenvalue weighted by Gasteiger charge is 2.05. The molecule has 0 aliphatic heterocycles. The zero-order chi connectivity index (χ0) is 13.7. The van der Waals surface area contributed by atoms with Gasteiger partial charge in [-0.05, 0) is 36.6 Å². The maximum absolute atomic E-state index is 10.9. The van der Waals surface area contributed by atoms with E-state index < -0.39 is 5.97 Å². The van der Waals surface area contributed by atoms with Gasteiger partial charge in [0.1, 0.15) is 0 Å². The second-order valence-electron chi connectivity index (χ2n) is 4.50. The Morgan fingerprint density at radius 2 is 1.89 bits per heavy atom. The van der Waals surface area contributed by atoms with Crippen LogP contribution in [0.15, 0.2) is 48.5 Å². The Morgan fingerprint density at radius 1 is 1.16 bits per heavy atom. The molecule has 0 atom stereocenters. The zero-order valence-corrected chi connectivity index (χ0v) is 10.9. The first-order valence-corrected chi connectivity index (χ1v) is 6.28. The number of hydrogen-bond acceptors (Lipinski definition) is 2. The lowest BCUT2D eigenvalue weighted by Crippen LogP contribution is -2.07. The average molecular weight is 255 g/mol. The highest BCUT2D eigenvalue weighted by molar-refractivity contribution is 5.89. The third kappa shape index (κ3) is 3.58. The topological polar surface area (TPSA) is 49.3 Å². The first kappa shape index (κ1) is 13.1. The summed E-state index contributed by atoms with van der Waals surface area (Å²) in [5, 5.41) is 12.3. The maximum Gasteiger partial charge on any atom is 0.335 e. The number of carbonyl (C=O) groups is 1. The summed E-state index contributed by atoms with van der Waals surface area (Å²) in [7, 11) is 0. The number of anilines is 1. The fourth-order valence-electron chi connectivity index (χ4n) is 1.93. The van der Waals surface area contributed by atoms with E-state index in [9.17, 15) is 4.79 Å². The largest absolute Gasteiger partial charge is 0.478 e. The van der Waals surface area contributed by atoms with E-state index in [1.165, 1.54) is 5.56 Å². The molecule has 0 saturated carbocycles. The van der Waals surface area contributed by atoms with Crippen molar-refractivity contribution in [3.63, 3.8) is 0 Å². The lowest BCUT2D eigenvalue weighted by atomic mass is 10.1. The van der Waals surface area contributed by atoms with E-state index in [2.05, 4.69) is 17.4 Å². The van der Waals surface area contributed by atoms with E-state index >= 15 is 0 Å². The predicted octanol–water partition coefficient (Wildman–Crippen LogP) is 3.35. The summed E-state index contributed by atoms with van der Waals surface area (Å²) in [6, 6.07) is 15.3. The third-order valence-electron chi connectivity index (χ3n) is 3.06. The van der Waals surface area contributed by atoms with Crippen molar-refractivity contribution in [3.05, 3.63) is 65.2 Å². The van der Waals surface area contributed by atoms with Crippen molar-refractivity contribution in [1.29, 1.82) is 0 Å². The van der Waals surface area contributed by atoms with Crippen molar-refractivity contribution in [2.45, 2.75) is 13.3 Å². The second-order valence-corrected chi connectivity index (χ2v) is 4.50. The average Bonchev–Trinajstić information content (AvgIpc) is 2.42. The van der Waals surface area contributed by atoms with Crippen LogP contribution in [0.5, 0.6) is 0 Å². The van der Waals surface area contributed by atoms with E-state index in [-0.39, 0.29) is 0 Å². The molecule has 0 heterocycles. The summed E-state index contributed by atoms with van der Waals surface area (Å²) < 4.78 is 0. The Bertz CT molecular complexity index is 564. The molecule has 2 N–H and O–H groups in total. The minimum absolute atomic E-state index is 0.313. The smallest absolute Gasteiger partial charge is 0.335 e. The maximum atomic E-state index is 10.9. The normalized spacial score (nSPS) is 10.2. The summed E-state index contributed by atoms with van der Waals surface area (Å²) in [6.07, 6.45) is 0.914. The number of benzene rings is 2. The van der Waals surface area contributed by atoms with Crippen LogP contribution in [0.4, 0.5) is 5.69 Å². The number of rotatable bonds is 5. The van der Waals surface area contributed by atoms with Gasteiger partial charge in [-0.25, -0.2) is 4.79 Å². The van der Waals surface area contributed by atoms with Gasteiger partial charge in [-0.1, -0.05) is 36.4 Å². The van der Waals surface area contributed by atoms with E-state index in [1.54, 1.807) is 12.1 Å². The fourth-order valence-corrected chi connectivity index (χ4v) is 1.93. The molecule has 2 rings (SSSR count). The molecule has 0 unspecified atom stereocenters. The van der Waals surface area contributed by atoms with Crippen LogP contribution < -0.4 is 5.32 Å². The third-order valence-corrected chi connectivity index (χ3v) is 3.06. The lowest BCUT2D eigenvalue weighted by Gasteiger charge is -2.10. The van der Waals surface area contributed by atoms with Gasteiger partial charge in [0.15, 0.2) is 0 Å². The molecule has 0 aliphatic carbocycles. The van der Waals surface area contributed by atoms with Gasteiger partial charge in [-0.2, -0.15) is 0 Å². The molecule has 3 heteroatoms. The van der Waals surface area contributed by atoms with Crippen LogP contribution in [-0.2, 0) is 6.42 Å². The zero-order valence-electron chi connectivity index (χ0n) is 10.9. The molecular weight excluding hydrogens is 238 g/mol. The van der Waals surface area contributed by atoms with E-state index in [0.717, 1.165) is 24.2 Å². The van der Waals surface area contributed by atoms with Gasteiger partial charge >= 0.3 is 5.97 Å². The summed E-state index contributed by atoms with van der Waals surface area (Å²) in [6.45, 7) is 2.75. The number of carboxylic acids is 1. The molecule has 0 amide bonds. The van der Waals surface area contributed by atoms with Crippen LogP contribution in [0.1, 0.15) is 21.5 Å². The van der Waals surface area contributed by atoms with E-state index in [1.807, 2.05) is 31.2 Å². The summed E-state index contributed by atoms with van der Waals surface area (Å²) in [5.74, 6) is -0.897. The lowest BCUT2D eigenvalue weighted by molar-refractivity contribution is 0.0697. The summed E-state index contributed by atoms with van der Waals surface area (Å²) in [4.78, 5) is 10.9. The number of aromatic carboxylic acids is 1. The van der Waals surface area contributed by atoms with Gasteiger partial charge in [0.2, 0.25) is 0 Å². The Labute approximate surface area is 112 Å². The van der Waals surface area contributed by atoms with E-state index in [4.69, 9.17) is 5.11 Å². The first-order chi connectivity index (χ1) is 9.16. The van der Waals surface area contributed by atoms with Crippen LogP contribution in [0.3, 0.4) is 0 Å². The standard InChI is InChI=1S/C16H17NO2/c1-12-7-8-14(16(18)19)11-15(12)17-10-9-13-5-3-2-4-6-13/h2-8,11,17H,9-10H2,1H3,(H,18,19). The highest BCUT2D eigenvalue weighted by Crippen LogP contribution is 2.17. The Kier molecular flexibility index (Phi) is 4.18. The van der Waals surface area contributed by atoms with Crippen molar-refractivity contribution >= 4 is 11.7 Å². The van der Waals surface area contributed by atoms with E-state index in [0.29, 0.717) is 5.56 Å². The van der Waals surface area contributed by atoms with Crippen LogP contribution in [0.25, 0.3) is 0 Å². The minimum Gasteiger partial charge on any atom is -0.478 e. The minimum atomic E-state index is -0.897. The highest BCUT2D eigenvalue weighted by atomic mass is 16.4. The van der Waals surface area contributed by atoms with Gasteiger partial charge in [0.25, 0.3) is 0 Å². The Balaban J connectivity index is 1.99. The molecule has 0 radical (unpaired) electrons. The van der Waals surface area contributed by atoms with Crippen LogP contribution in [-0.4, -0.2) is 17.6 Å².